The first kappa shape index (κ1) is 17.1. The van der Waals surface area contributed by atoms with Gasteiger partial charge in [-0.2, -0.15) is 10.2 Å². The van der Waals surface area contributed by atoms with E-state index in [0.29, 0.717) is 6.54 Å². The van der Waals surface area contributed by atoms with Crippen molar-refractivity contribution in [2.45, 2.75) is 45.3 Å². The van der Waals surface area contributed by atoms with Crippen LogP contribution in [0.1, 0.15) is 26.2 Å². The molecule has 2 aromatic rings. The predicted octanol–water partition coefficient (Wildman–Crippen LogP) is 0.0300. The number of piperidine rings is 1. The smallest absolute Gasteiger partial charge is 0.269 e. The van der Waals surface area contributed by atoms with Gasteiger partial charge in [0.05, 0.1) is 18.4 Å². The van der Waals surface area contributed by atoms with Gasteiger partial charge in [-0.3, -0.25) is 14.3 Å². The van der Waals surface area contributed by atoms with Gasteiger partial charge in [0.1, 0.15) is 19.2 Å². The topological polar surface area (TPSA) is 97.9 Å². The number of rotatable bonds is 6. The van der Waals surface area contributed by atoms with E-state index >= 15 is 0 Å². The third kappa shape index (κ3) is 4.65. The quantitative estimate of drug-likeness (QED) is 0.793. The Morgan fingerprint density at radius 2 is 2.08 bits per heavy atom. The highest BCUT2D eigenvalue weighted by Crippen LogP contribution is 2.16. The molecule has 1 aliphatic heterocycles. The third-order valence-electron chi connectivity index (χ3n) is 4.20. The Kier molecular flexibility index (Phi) is 5.42. The highest BCUT2D eigenvalue weighted by atomic mass is 16.2. The van der Waals surface area contributed by atoms with Crippen molar-refractivity contribution in [3.63, 3.8) is 0 Å². The lowest BCUT2D eigenvalue weighted by atomic mass is 10.1. The van der Waals surface area contributed by atoms with Crippen molar-refractivity contribution >= 4 is 11.6 Å². The molecular weight excluding hydrogens is 322 g/mol. The first-order valence-electron chi connectivity index (χ1n) is 8.56. The molecule has 1 fully saturated rings. The van der Waals surface area contributed by atoms with Gasteiger partial charge >= 0.3 is 0 Å². The van der Waals surface area contributed by atoms with E-state index in [1.165, 1.54) is 17.4 Å². The van der Waals surface area contributed by atoms with Crippen LogP contribution in [-0.4, -0.2) is 49.6 Å². The number of hydrogen-bond donors (Lipinski definition) is 1. The van der Waals surface area contributed by atoms with Crippen molar-refractivity contribution in [2.75, 3.05) is 18.0 Å². The highest BCUT2D eigenvalue weighted by molar-refractivity contribution is 5.75. The van der Waals surface area contributed by atoms with E-state index in [0.717, 1.165) is 31.6 Å². The number of carbonyl (C=O) groups is 1. The molecule has 25 heavy (non-hydrogen) atoms. The number of carbonyl (C=O) groups excluding carboxylic acids is 1. The summed E-state index contributed by atoms with van der Waals surface area (Å²) in [5, 5.41) is 11.0. The molecule has 3 rings (SSSR count). The second kappa shape index (κ2) is 7.91. The van der Waals surface area contributed by atoms with E-state index in [1.807, 2.05) is 6.92 Å². The van der Waals surface area contributed by atoms with E-state index in [2.05, 4.69) is 25.4 Å². The molecule has 134 valence electrons. The number of anilines is 1. The summed E-state index contributed by atoms with van der Waals surface area (Å²) in [5.74, 6) is -0.257. The Hall–Kier alpha value is -2.71. The third-order valence-corrected chi connectivity index (χ3v) is 4.20. The second-order valence-corrected chi connectivity index (χ2v) is 6.34. The summed E-state index contributed by atoms with van der Waals surface area (Å²) in [7, 11) is 0. The first-order chi connectivity index (χ1) is 12.1. The monoisotopic (exact) mass is 345 g/mol. The molecular formula is C16H23N7O2. The van der Waals surface area contributed by atoms with E-state index in [9.17, 15) is 9.59 Å². The zero-order valence-corrected chi connectivity index (χ0v) is 14.3. The Morgan fingerprint density at radius 1 is 1.28 bits per heavy atom. The Bertz CT molecular complexity index is 750. The van der Waals surface area contributed by atoms with Crippen LogP contribution in [0.15, 0.2) is 29.7 Å². The molecule has 0 aliphatic carbocycles. The summed E-state index contributed by atoms with van der Waals surface area (Å²) in [5.41, 5.74) is 0.572. The summed E-state index contributed by atoms with van der Waals surface area (Å²) in [6.07, 6.45) is 8.20. The molecule has 1 N–H and O–H groups in total. The van der Waals surface area contributed by atoms with Crippen LogP contribution in [0, 0.1) is 0 Å². The van der Waals surface area contributed by atoms with E-state index in [4.69, 9.17) is 0 Å². The lowest BCUT2D eigenvalue weighted by Gasteiger charge is -2.28. The molecule has 0 bridgehead atoms. The molecule has 1 atom stereocenters. The average Bonchev–Trinajstić information content (AvgIpc) is 3.10. The van der Waals surface area contributed by atoms with Crippen LogP contribution in [0.3, 0.4) is 0 Å². The minimum atomic E-state index is -0.262. The molecule has 9 heteroatoms. The fraction of sp³-hybridized carbons (Fsp3) is 0.562. The molecule has 0 spiro atoms. The predicted molar refractivity (Wildman–Crippen MR) is 92.2 cm³/mol. The molecule has 3 heterocycles. The van der Waals surface area contributed by atoms with Gasteiger partial charge in [-0.15, -0.1) is 0 Å². The highest BCUT2D eigenvalue weighted by Gasteiger charge is 2.14. The fourth-order valence-corrected chi connectivity index (χ4v) is 2.98. The van der Waals surface area contributed by atoms with Gasteiger partial charge in [0, 0.05) is 25.2 Å². The van der Waals surface area contributed by atoms with Crippen molar-refractivity contribution in [1.29, 1.82) is 0 Å². The summed E-state index contributed by atoms with van der Waals surface area (Å²) in [6.45, 7) is 4.19. The van der Waals surface area contributed by atoms with E-state index in [-0.39, 0.29) is 24.1 Å². The van der Waals surface area contributed by atoms with Crippen molar-refractivity contribution in [3.05, 3.63) is 35.3 Å². The molecule has 1 saturated heterocycles. The number of aromatic nitrogens is 5. The van der Waals surface area contributed by atoms with Gasteiger partial charge in [0.2, 0.25) is 5.91 Å². The minimum Gasteiger partial charge on any atom is -0.370 e. The van der Waals surface area contributed by atoms with Crippen molar-refractivity contribution in [1.82, 2.24) is 29.9 Å². The van der Waals surface area contributed by atoms with Gasteiger partial charge in [0.25, 0.3) is 5.56 Å². The van der Waals surface area contributed by atoms with E-state index in [1.54, 1.807) is 23.3 Å². The molecule has 1 aliphatic rings. The van der Waals surface area contributed by atoms with Crippen molar-refractivity contribution < 1.29 is 4.79 Å². The fourth-order valence-electron chi connectivity index (χ4n) is 2.98. The summed E-state index contributed by atoms with van der Waals surface area (Å²) in [6, 6.07) is 1.43. The van der Waals surface area contributed by atoms with Crippen LogP contribution in [0.4, 0.5) is 5.69 Å². The summed E-state index contributed by atoms with van der Waals surface area (Å²) < 4.78 is 2.83. The maximum Gasteiger partial charge on any atom is 0.269 e. The van der Waals surface area contributed by atoms with Crippen LogP contribution < -0.4 is 15.8 Å². The zero-order chi connectivity index (χ0) is 17.6. The summed E-state index contributed by atoms with van der Waals surface area (Å²) >= 11 is 0. The SMILES string of the molecule is CC(Cn1cncn1)NC(=O)Cn1ncc(N2CCCCC2)cc1=O. The lowest BCUT2D eigenvalue weighted by Crippen LogP contribution is -2.40. The molecule has 2 aromatic heterocycles. The minimum absolute atomic E-state index is 0.0964. The standard InChI is InChI=1S/C16H23N7O2/c1-13(9-22-12-17-11-19-22)20-15(24)10-23-16(25)7-14(8-18-23)21-5-3-2-4-6-21/h7-8,11-13H,2-6,9-10H2,1H3,(H,20,24). The number of nitrogens with zero attached hydrogens (tertiary/aromatic N) is 6. The molecule has 9 nitrogen and oxygen atoms in total. The van der Waals surface area contributed by atoms with Gasteiger partial charge in [-0.1, -0.05) is 0 Å². The van der Waals surface area contributed by atoms with E-state index < -0.39 is 0 Å². The van der Waals surface area contributed by atoms with Crippen LogP contribution in [0.5, 0.6) is 0 Å². The maximum absolute atomic E-state index is 12.2. The maximum atomic E-state index is 12.2. The van der Waals surface area contributed by atoms with Crippen LogP contribution in [-0.2, 0) is 17.9 Å². The summed E-state index contributed by atoms with van der Waals surface area (Å²) in [4.78, 5) is 30.4. The zero-order valence-electron chi connectivity index (χ0n) is 14.3. The van der Waals surface area contributed by atoms with Gasteiger partial charge in [-0.05, 0) is 26.2 Å². The van der Waals surface area contributed by atoms with Gasteiger partial charge in [0.15, 0.2) is 0 Å². The number of amides is 1. The van der Waals surface area contributed by atoms with Crippen LogP contribution in [0.25, 0.3) is 0 Å². The Morgan fingerprint density at radius 3 is 2.76 bits per heavy atom. The normalized spacial score (nSPS) is 15.8. The second-order valence-electron chi connectivity index (χ2n) is 6.34. The number of hydrogen-bond acceptors (Lipinski definition) is 6. The van der Waals surface area contributed by atoms with Crippen molar-refractivity contribution in [2.24, 2.45) is 0 Å². The molecule has 1 amide bonds. The molecule has 0 radical (unpaired) electrons. The Labute approximate surface area is 145 Å². The number of nitrogens with one attached hydrogen (secondary N) is 1. The average molecular weight is 345 g/mol. The lowest BCUT2D eigenvalue weighted by molar-refractivity contribution is -0.122. The van der Waals surface area contributed by atoms with Crippen LogP contribution >= 0.6 is 0 Å². The largest absolute Gasteiger partial charge is 0.370 e. The molecule has 1 unspecified atom stereocenters. The van der Waals surface area contributed by atoms with Gasteiger partial charge < -0.3 is 10.2 Å². The Balaban J connectivity index is 1.56. The van der Waals surface area contributed by atoms with Crippen molar-refractivity contribution in [3.8, 4) is 0 Å². The van der Waals surface area contributed by atoms with Gasteiger partial charge in [-0.25, -0.2) is 9.67 Å². The molecule has 0 aromatic carbocycles. The first-order valence-corrected chi connectivity index (χ1v) is 8.56. The molecule has 0 saturated carbocycles. The van der Waals surface area contributed by atoms with Crippen LogP contribution in [0.2, 0.25) is 0 Å².